The van der Waals surface area contributed by atoms with E-state index in [1.165, 1.54) is 0 Å². The third kappa shape index (κ3) is 3.24. The Hall–Kier alpha value is -3.20. The maximum Gasteiger partial charge on any atom is 0.433 e. The number of benzene rings is 1. The van der Waals surface area contributed by atoms with Crippen LogP contribution in [-0.2, 0) is 6.18 Å². The molecule has 1 fully saturated rings. The lowest BCUT2D eigenvalue weighted by Crippen LogP contribution is -2.50. The van der Waals surface area contributed by atoms with Crippen molar-refractivity contribution in [1.82, 2.24) is 15.4 Å². The van der Waals surface area contributed by atoms with Crippen LogP contribution in [0.1, 0.15) is 35.4 Å². The van der Waals surface area contributed by atoms with Gasteiger partial charge in [0.25, 0.3) is 0 Å². The van der Waals surface area contributed by atoms with Gasteiger partial charge in [0, 0.05) is 11.3 Å². The van der Waals surface area contributed by atoms with Crippen molar-refractivity contribution >= 4 is 23.1 Å². The van der Waals surface area contributed by atoms with Gasteiger partial charge in [-0.2, -0.15) is 13.2 Å². The van der Waals surface area contributed by atoms with Crippen LogP contribution in [0.25, 0.3) is 11.3 Å². The van der Waals surface area contributed by atoms with E-state index < -0.39 is 11.9 Å². The molecule has 2 aliphatic heterocycles. The fraction of sp³-hybridized carbons (Fsp3) is 0.286. The molecule has 6 nitrogen and oxygen atoms in total. The molecule has 0 saturated heterocycles. The Kier molecular flexibility index (Phi) is 4.18. The zero-order valence-corrected chi connectivity index (χ0v) is 16.1. The summed E-state index contributed by atoms with van der Waals surface area (Å²) >= 11 is 0. The van der Waals surface area contributed by atoms with E-state index in [1.54, 1.807) is 18.0 Å². The first-order chi connectivity index (χ1) is 14.3. The zero-order chi connectivity index (χ0) is 21.0. The van der Waals surface area contributed by atoms with E-state index in [0.717, 1.165) is 24.5 Å². The first-order valence-corrected chi connectivity index (χ1v) is 9.66. The Labute approximate surface area is 171 Å². The Morgan fingerprint density at radius 2 is 1.83 bits per heavy atom. The highest BCUT2D eigenvalue weighted by atomic mass is 19.4. The number of nitrogens with zero attached hydrogens (tertiary/aromatic N) is 4. The van der Waals surface area contributed by atoms with E-state index in [0.29, 0.717) is 28.6 Å². The van der Waals surface area contributed by atoms with Crippen LogP contribution in [0.4, 0.5) is 13.2 Å². The summed E-state index contributed by atoms with van der Waals surface area (Å²) in [5.41, 5.74) is 10.8. The van der Waals surface area contributed by atoms with Gasteiger partial charge in [-0.25, -0.2) is 25.4 Å². The molecule has 2 aromatic rings. The van der Waals surface area contributed by atoms with Gasteiger partial charge in [-0.15, -0.1) is 0 Å². The molecule has 1 aromatic carbocycles. The van der Waals surface area contributed by atoms with Gasteiger partial charge in [0.15, 0.2) is 5.84 Å². The number of alkyl halides is 3. The number of hydrogen-bond acceptors (Lipinski definition) is 6. The highest BCUT2D eigenvalue weighted by molar-refractivity contribution is 6.35. The van der Waals surface area contributed by atoms with E-state index >= 15 is 0 Å². The van der Waals surface area contributed by atoms with Crippen LogP contribution in [0.3, 0.4) is 0 Å². The lowest BCUT2D eigenvalue weighted by atomic mass is 9.96. The summed E-state index contributed by atoms with van der Waals surface area (Å²) in [7, 11) is 0. The number of rotatable bonds is 3. The lowest BCUT2D eigenvalue weighted by molar-refractivity contribution is -0.141. The second-order valence-corrected chi connectivity index (χ2v) is 7.64. The number of halogens is 3. The summed E-state index contributed by atoms with van der Waals surface area (Å²) < 4.78 is 40.4. The normalized spacial score (nSPS) is 21.5. The predicted molar refractivity (Wildman–Crippen MR) is 108 cm³/mol. The number of amidine groups is 1. The molecule has 5 rings (SSSR count). The Morgan fingerprint density at radius 1 is 1.10 bits per heavy atom. The number of nitrogens with one attached hydrogen (secondary N) is 1. The van der Waals surface area contributed by atoms with Crippen molar-refractivity contribution in [3.63, 3.8) is 0 Å². The van der Waals surface area contributed by atoms with Crippen molar-refractivity contribution in [2.45, 2.75) is 32.1 Å². The van der Waals surface area contributed by atoms with Gasteiger partial charge in [-0.05, 0) is 43.4 Å². The molecular formula is C21H19F3N6. The molecule has 154 valence electrons. The van der Waals surface area contributed by atoms with Gasteiger partial charge in [-0.3, -0.25) is 0 Å². The van der Waals surface area contributed by atoms with Crippen LogP contribution in [-0.4, -0.2) is 28.0 Å². The standard InChI is InChI=1S/C21H19F3N6/c1-11-9-14(10-15(26-11)21(22,23)24)16-17(12-5-3-2-4-6-12)27-20(25)30-19(16)28-18(29-30)13-7-8-13/h2-6,9-10,13,18,29H,7-8H2,1H3,(H2,25,27). The molecule has 0 radical (unpaired) electrons. The molecule has 0 bridgehead atoms. The molecule has 9 heteroatoms. The van der Waals surface area contributed by atoms with E-state index in [1.807, 2.05) is 30.3 Å². The van der Waals surface area contributed by atoms with Gasteiger partial charge >= 0.3 is 6.18 Å². The monoisotopic (exact) mass is 412 g/mol. The average Bonchev–Trinajstić information content (AvgIpc) is 3.46. The van der Waals surface area contributed by atoms with Crippen molar-refractivity contribution in [1.29, 1.82) is 0 Å². The SMILES string of the molecule is Cc1cc(C2=C(c3ccccc3)N=C(N)N3NC(C4CC4)N=C23)cc(C(F)(F)F)n1. The number of hydrogen-bond donors (Lipinski definition) is 2. The van der Waals surface area contributed by atoms with Crippen molar-refractivity contribution in [2.75, 3.05) is 0 Å². The van der Waals surface area contributed by atoms with Gasteiger partial charge in [0.1, 0.15) is 11.9 Å². The third-order valence-corrected chi connectivity index (χ3v) is 5.30. The first-order valence-electron chi connectivity index (χ1n) is 9.66. The highest BCUT2D eigenvalue weighted by Crippen LogP contribution is 2.40. The molecule has 3 heterocycles. The number of pyridine rings is 1. The first kappa shape index (κ1) is 18.8. The maximum atomic E-state index is 13.5. The minimum absolute atomic E-state index is 0.163. The molecule has 3 N–H and O–H groups in total. The van der Waals surface area contributed by atoms with Crippen LogP contribution in [0.2, 0.25) is 0 Å². The maximum absolute atomic E-state index is 13.5. The fourth-order valence-corrected chi connectivity index (χ4v) is 3.74. The molecule has 1 aliphatic carbocycles. The van der Waals surface area contributed by atoms with Crippen LogP contribution < -0.4 is 11.2 Å². The van der Waals surface area contributed by atoms with E-state index in [-0.39, 0.29) is 17.8 Å². The van der Waals surface area contributed by atoms with E-state index in [2.05, 4.69) is 15.4 Å². The second-order valence-electron chi connectivity index (χ2n) is 7.64. The summed E-state index contributed by atoms with van der Waals surface area (Å²) in [5, 5.41) is 1.58. The number of hydrazine groups is 1. The van der Waals surface area contributed by atoms with Crippen molar-refractivity contribution < 1.29 is 13.2 Å². The number of nitrogens with two attached hydrogens (primary N) is 1. The van der Waals surface area contributed by atoms with Crippen LogP contribution in [0.5, 0.6) is 0 Å². The van der Waals surface area contributed by atoms with Crippen molar-refractivity contribution in [2.24, 2.45) is 21.6 Å². The molecule has 1 atom stereocenters. The second kappa shape index (κ2) is 6.66. The Balaban J connectivity index is 1.75. The van der Waals surface area contributed by atoms with Crippen molar-refractivity contribution in [3.05, 3.63) is 65.0 Å². The minimum atomic E-state index is -4.56. The molecule has 1 saturated carbocycles. The zero-order valence-electron chi connectivity index (χ0n) is 16.1. The molecule has 1 unspecified atom stereocenters. The highest BCUT2D eigenvalue weighted by Gasteiger charge is 2.42. The molecule has 3 aliphatic rings. The molecular weight excluding hydrogens is 393 g/mol. The number of aliphatic imine (C=N–C) groups is 2. The average molecular weight is 412 g/mol. The third-order valence-electron chi connectivity index (χ3n) is 5.30. The lowest BCUT2D eigenvalue weighted by Gasteiger charge is -2.27. The number of aromatic nitrogens is 1. The van der Waals surface area contributed by atoms with Crippen molar-refractivity contribution in [3.8, 4) is 0 Å². The molecule has 30 heavy (non-hydrogen) atoms. The summed E-state index contributed by atoms with van der Waals surface area (Å²) in [6, 6.07) is 11.9. The van der Waals surface area contributed by atoms with Gasteiger partial charge in [0.05, 0.1) is 11.3 Å². The fourth-order valence-electron chi connectivity index (χ4n) is 3.74. The summed E-state index contributed by atoms with van der Waals surface area (Å²) in [6.07, 6.45) is -2.62. The smallest absolute Gasteiger partial charge is 0.368 e. The Morgan fingerprint density at radius 3 is 2.50 bits per heavy atom. The van der Waals surface area contributed by atoms with E-state index in [4.69, 9.17) is 10.7 Å². The van der Waals surface area contributed by atoms with Crippen LogP contribution in [0, 0.1) is 12.8 Å². The quantitative estimate of drug-likeness (QED) is 0.808. The summed E-state index contributed by atoms with van der Waals surface area (Å²) in [5.74, 6) is 1.08. The van der Waals surface area contributed by atoms with E-state index in [9.17, 15) is 13.2 Å². The van der Waals surface area contributed by atoms with Gasteiger partial charge in [0.2, 0.25) is 5.96 Å². The van der Waals surface area contributed by atoms with Gasteiger partial charge in [-0.1, -0.05) is 30.3 Å². The topological polar surface area (TPSA) is 78.9 Å². The van der Waals surface area contributed by atoms with Gasteiger partial charge < -0.3 is 5.73 Å². The number of aryl methyl sites for hydroxylation is 1. The largest absolute Gasteiger partial charge is 0.433 e. The minimum Gasteiger partial charge on any atom is -0.368 e. The number of guanidine groups is 1. The molecule has 0 spiro atoms. The predicted octanol–water partition coefficient (Wildman–Crippen LogP) is 3.56. The summed E-state index contributed by atoms with van der Waals surface area (Å²) in [6.45, 7) is 1.54. The number of fused-ring (bicyclic) bond motifs is 1. The van der Waals surface area contributed by atoms with Crippen LogP contribution in [0.15, 0.2) is 52.4 Å². The summed E-state index contributed by atoms with van der Waals surface area (Å²) in [4.78, 5) is 13.0. The molecule has 1 aromatic heterocycles. The molecule has 0 amide bonds. The Bertz CT molecular complexity index is 1100. The van der Waals surface area contributed by atoms with Crippen LogP contribution >= 0.6 is 0 Å².